The number of hydrogen-bond donors (Lipinski definition) is 1. The third-order valence-electron chi connectivity index (χ3n) is 3.70. The lowest BCUT2D eigenvalue weighted by Gasteiger charge is -2.10. The van der Waals surface area contributed by atoms with Crippen molar-refractivity contribution in [3.63, 3.8) is 0 Å². The molecule has 0 bridgehead atoms. The Hall–Kier alpha value is -1.16. The van der Waals surface area contributed by atoms with Gasteiger partial charge in [0, 0.05) is 6.54 Å². The van der Waals surface area contributed by atoms with E-state index in [-0.39, 0.29) is 5.82 Å². The van der Waals surface area contributed by atoms with Crippen molar-refractivity contribution < 1.29 is 4.39 Å². The van der Waals surface area contributed by atoms with Gasteiger partial charge in [-0.25, -0.2) is 4.39 Å². The van der Waals surface area contributed by atoms with E-state index >= 15 is 0 Å². The SMILES string of the molecule is Cc1cc2c(cc1F)[nH]c(=S)n2CC1(C)CC1. The molecule has 1 heterocycles. The molecule has 0 spiro atoms. The Bertz CT molecular complexity index is 649. The maximum atomic E-state index is 13.5. The van der Waals surface area contributed by atoms with Crippen LogP contribution in [0.1, 0.15) is 25.3 Å². The summed E-state index contributed by atoms with van der Waals surface area (Å²) >= 11 is 5.32. The van der Waals surface area contributed by atoms with Crippen molar-refractivity contribution in [3.8, 4) is 0 Å². The van der Waals surface area contributed by atoms with Crippen molar-refractivity contribution >= 4 is 23.3 Å². The maximum Gasteiger partial charge on any atom is 0.178 e. The van der Waals surface area contributed by atoms with Gasteiger partial charge >= 0.3 is 0 Å². The van der Waals surface area contributed by atoms with Gasteiger partial charge in [0.2, 0.25) is 0 Å². The number of H-pyrrole nitrogens is 1. The monoisotopic (exact) mass is 250 g/mol. The molecule has 0 unspecified atom stereocenters. The molecule has 1 aliphatic rings. The Morgan fingerprint density at radius 1 is 1.47 bits per heavy atom. The molecule has 0 radical (unpaired) electrons. The van der Waals surface area contributed by atoms with Crippen LogP contribution in [0.5, 0.6) is 0 Å². The van der Waals surface area contributed by atoms with Crippen LogP contribution in [0.15, 0.2) is 12.1 Å². The third kappa shape index (κ3) is 1.80. The van der Waals surface area contributed by atoms with Crippen molar-refractivity contribution in [1.29, 1.82) is 0 Å². The Morgan fingerprint density at radius 2 is 2.18 bits per heavy atom. The van der Waals surface area contributed by atoms with Gasteiger partial charge in [-0.05, 0) is 55.1 Å². The summed E-state index contributed by atoms with van der Waals surface area (Å²) in [4.78, 5) is 3.08. The first-order chi connectivity index (χ1) is 7.98. The molecule has 0 amide bonds. The first kappa shape index (κ1) is 11.0. The number of halogens is 1. The molecule has 0 atom stereocenters. The van der Waals surface area contributed by atoms with E-state index < -0.39 is 0 Å². The molecule has 4 heteroatoms. The van der Waals surface area contributed by atoms with Gasteiger partial charge in [-0.15, -0.1) is 0 Å². The van der Waals surface area contributed by atoms with E-state index in [4.69, 9.17) is 12.2 Å². The van der Waals surface area contributed by atoms with Crippen molar-refractivity contribution in [1.82, 2.24) is 9.55 Å². The molecule has 0 aliphatic heterocycles. The maximum absolute atomic E-state index is 13.5. The van der Waals surface area contributed by atoms with Gasteiger partial charge in [0.1, 0.15) is 5.82 Å². The van der Waals surface area contributed by atoms with Gasteiger partial charge in [0.15, 0.2) is 4.77 Å². The standard InChI is InChI=1S/C13H15FN2S/c1-8-5-11-10(6-9(8)14)15-12(17)16(11)7-13(2)3-4-13/h5-6H,3-4,7H2,1-2H3,(H,15,17). The number of benzene rings is 1. The third-order valence-corrected chi connectivity index (χ3v) is 4.02. The summed E-state index contributed by atoms with van der Waals surface area (Å²) in [5, 5.41) is 0. The number of nitrogens with one attached hydrogen (secondary N) is 1. The molecule has 1 saturated carbocycles. The number of fused-ring (bicyclic) bond motifs is 1. The molecule has 2 nitrogen and oxygen atoms in total. The van der Waals surface area contributed by atoms with Crippen LogP contribution in [0.4, 0.5) is 4.39 Å². The smallest absolute Gasteiger partial charge is 0.178 e. The predicted molar refractivity (Wildman–Crippen MR) is 69.2 cm³/mol. The van der Waals surface area contributed by atoms with E-state index in [0.29, 0.717) is 15.7 Å². The summed E-state index contributed by atoms with van der Waals surface area (Å²) in [5.74, 6) is -0.182. The Kier molecular flexibility index (Phi) is 2.20. The lowest BCUT2D eigenvalue weighted by molar-refractivity contribution is 0.469. The number of aryl methyl sites for hydroxylation is 1. The number of hydrogen-bond acceptors (Lipinski definition) is 1. The summed E-state index contributed by atoms with van der Waals surface area (Å²) in [5.41, 5.74) is 2.86. The summed E-state index contributed by atoms with van der Waals surface area (Å²) in [7, 11) is 0. The zero-order valence-electron chi connectivity index (χ0n) is 10.0. The van der Waals surface area contributed by atoms with E-state index in [1.54, 1.807) is 6.92 Å². The van der Waals surface area contributed by atoms with Gasteiger partial charge in [-0.3, -0.25) is 0 Å². The van der Waals surface area contributed by atoms with Crippen molar-refractivity contribution in [2.24, 2.45) is 5.41 Å². The second-order valence-electron chi connectivity index (χ2n) is 5.45. The molecule has 17 heavy (non-hydrogen) atoms. The van der Waals surface area contributed by atoms with Crippen LogP contribution >= 0.6 is 12.2 Å². The van der Waals surface area contributed by atoms with Crippen LogP contribution < -0.4 is 0 Å². The second-order valence-corrected chi connectivity index (χ2v) is 5.83. The van der Waals surface area contributed by atoms with Gasteiger partial charge in [0.05, 0.1) is 11.0 Å². The number of imidazole rings is 1. The molecule has 0 saturated heterocycles. The zero-order valence-corrected chi connectivity index (χ0v) is 10.8. The molecule has 1 aromatic heterocycles. The Balaban J connectivity index is 2.19. The van der Waals surface area contributed by atoms with Gasteiger partial charge in [-0.2, -0.15) is 0 Å². The fraction of sp³-hybridized carbons (Fsp3) is 0.462. The van der Waals surface area contributed by atoms with Crippen LogP contribution in [0, 0.1) is 22.9 Å². The van der Waals surface area contributed by atoms with E-state index in [1.807, 2.05) is 6.07 Å². The highest BCUT2D eigenvalue weighted by molar-refractivity contribution is 7.71. The van der Waals surface area contributed by atoms with E-state index in [9.17, 15) is 4.39 Å². The summed E-state index contributed by atoms with van der Waals surface area (Å²) in [6, 6.07) is 3.41. The quantitative estimate of drug-likeness (QED) is 0.800. The largest absolute Gasteiger partial charge is 0.330 e. The molecule has 1 aliphatic carbocycles. The molecule has 90 valence electrons. The lowest BCUT2D eigenvalue weighted by Crippen LogP contribution is -2.07. The highest BCUT2D eigenvalue weighted by atomic mass is 32.1. The van der Waals surface area contributed by atoms with Crippen LogP contribution in [0.3, 0.4) is 0 Å². The predicted octanol–water partition coefficient (Wildman–Crippen LogP) is 3.95. The number of rotatable bonds is 2. The first-order valence-electron chi connectivity index (χ1n) is 5.87. The van der Waals surface area contributed by atoms with Crippen LogP contribution in [-0.2, 0) is 6.54 Å². The molecule has 2 aromatic rings. The van der Waals surface area contributed by atoms with Crippen LogP contribution in [-0.4, -0.2) is 9.55 Å². The summed E-state index contributed by atoms with van der Waals surface area (Å²) in [6.45, 7) is 4.98. The number of aromatic nitrogens is 2. The topological polar surface area (TPSA) is 20.7 Å². The molecular formula is C13H15FN2S. The lowest BCUT2D eigenvalue weighted by atomic mass is 10.1. The molecule has 1 fully saturated rings. The minimum absolute atomic E-state index is 0.182. The second kappa shape index (κ2) is 3.42. The summed E-state index contributed by atoms with van der Waals surface area (Å²) in [6.07, 6.45) is 2.50. The zero-order chi connectivity index (χ0) is 12.2. The van der Waals surface area contributed by atoms with Crippen LogP contribution in [0.2, 0.25) is 0 Å². The average Bonchev–Trinajstić information content (AvgIpc) is 2.91. The van der Waals surface area contributed by atoms with Gasteiger partial charge in [-0.1, -0.05) is 6.92 Å². The minimum Gasteiger partial charge on any atom is -0.330 e. The van der Waals surface area contributed by atoms with Gasteiger partial charge in [0.25, 0.3) is 0 Å². The number of nitrogens with zero attached hydrogens (tertiary/aromatic N) is 1. The van der Waals surface area contributed by atoms with Gasteiger partial charge < -0.3 is 9.55 Å². The van der Waals surface area contributed by atoms with Crippen molar-refractivity contribution in [3.05, 3.63) is 28.3 Å². The highest BCUT2D eigenvalue weighted by Gasteiger charge is 2.38. The fourth-order valence-corrected chi connectivity index (χ4v) is 2.46. The van der Waals surface area contributed by atoms with E-state index in [0.717, 1.165) is 17.6 Å². The average molecular weight is 250 g/mol. The van der Waals surface area contributed by atoms with Crippen molar-refractivity contribution in [2.75, 3.05) is 0 Å². The molecule has 1 aromatic carbocycles. The molecule has 3 rings (SSSR count). The summed E-state index contributed by atoms with van der Waals surface area (Å²) < 4.78 is 16.3. The normalized spacial score (nSPS) is 17.6. The first-order valence-corrected chi connectivity index (χ1v) is 6.28. The highest BCUT2D eigenvalue weighted by Crippen LogP contribution is 2.46. The Morgan fingerprint density at radius 3 is 2.82 bits per heavy atom. The van der Waals surface area contributed by atoms with Crippen LogP contribution in [0.25, 0.3) is 11.0 Å². The fourth-order valence-electron chi connectivity index (χ4n) is 2.19. The molecular weight excluding hydrogens is 235 g/mol. The minimum atomic E-state index is -0.182. The van der Waals surface area contributed by atoms with E-state index in [2.05, 4.69) is 16.5 Å². The Labute approximate surface area is 104 Å². The number of aromatic amines is 1. The molecule has 1 N–H and O–H groups in total. The van der Waals surface area contributed by atoms with E-state index in [1.165, 1.54) is 18.9 Å². The van der Waals surface area contributed by atoms with Crippen molar-refractivity contribution in [2.45, 2.75) is 33.2 Å².